The topological polar surface area (TPSA) is 99.5 Å². The lowest BCUT2D eigenvalue weighted by molar-refractivity contribution is -0.123. The molecule has 0 spiro atoms. The summed E-state index contributed by atoms with van der Waals surface area (Å²) in [6.45, 7) is 2.45. The lowest BCUT2D eigenvalue weighted by atomic mass is 10.1. The van der Waals surface area contributed by atoms with E-state index in [1.54, 1.807) is 6.07 Å². The highest BCUT2D eigenvalue weighted by Crippen LogP contribution is 2.20. The molecule has 1 aromatic carbocycles. The molecule has 0 saturated carbocycles. The molecule has 0 bridgehead atoms. The van der Waals surface area contributed by atoms with Crippen LogP contribution in [0.4, 0.5) is 10.1 Å². The first-order valence-electron chi connectivity index (χ1n) is 8.49. The number of benzene rings is 1. The van der Waals surface area contributed by atoms with Gasteiger partial charge in [-0.15, -0.1) is 0 Å². The molecule has 0 aliphatic carbocycles. The number of hydrogen-bond donors (Lipinski definition) is 3. The standard InChI is InChI=1S/C10H15BrN4O2S.C7H5ClFNO/c1-6-3-8(14-18-15(6)2)10(16)12-5-7-4-9(11)13-17-7;8-6-3-5(10-4-11)1-2-7(6)9/h4,6,8,14H,3,5H2,1-2H3,(H,12,16);1-4H,(H,10,11). The zero-order valence-electron chi connectivity index (χ0n) is 15.6. The second kappa shape index (κ2) is 11.5. The van der Waals surface area contributed by atoms with Gasteiger partial charge in [-0.3, -0.25) is 9.59 Å². The summed E-state index contributed by atoms with van der Waals surface area (Å²) in [5.41, 5.74) is 0.478. The predicted molar refractivity (Wildman–Crippen MR) is 114 cm³/mol. The fraction of sp³-hybridized carbons (Fsp3) is 0.353. The zero-order chi connectivity index (χ0) is 21.4. The summed E-state index contributed by atoms with van der Waals surface area (Å²) in [5.74, 6) is 0.113. The Bertz CT molecular complexity index is 843. The van der Waals surface area contributed by atoms with Crippen molar-refractivity contribution in [2.45, 2.75) is 32.0 Å². The van der Waals surface area contributed by atoms with E-state index >= 15 is 0 Å². The second-order valence-electron chi connectivity index (χ2n) is 6.12. The average molecular weight is 509 g/mol. The van der Waals surface area contributed by atoms with Crippen molar-refractivity contribution in [1.82, 2.24) is 19.5 Å². The van der Waals surface area contributed by atoms with E-state index in [4.69, 9.17) is 16.1 Å². The molecule has 2 atom stereocenters. The first kappa shape index (κ1) is 23.6. The minimum absolute atomic E-state index is 0.00292. The Kier molecular flexibility index (Phi) is 9.37. The summed E-state index contributed by atoms with van der Waals surface area (Å²) in [7, 11) is 2.00. The maximum Gasteiger partial charge on any atom is 0.238 e. The summed E-state index contributed by atoms with van der Waals surface area (Å²) in [6.07, 6.45) is 1.29. The van der Waals surface area contributed by atoms with Gasteiger partial charge in [0.15, 0.2) is 5.76 Å². The molecule has 158 valence electrons. The fourth-order valence-corrected chi connectivity index (χ4v) is 3.53. The van der Waals surface area contributed by atoms with Gasteiger partial charge in [0, 0.05) is 29.9 Å². The third-order valence-electron chi connectivity index (χ3n) is 3.97. The summed E-state index contributed by atoms with van der Waals surface area (Å²) in [4.78, 5) is 21.9. The van der Waals surface area contributed by atoms with Gasteiger partial charge in [-0.1, -0.05) is 16.8 Å². The monoisotopic (exact) mass is 507 g/mol. The molecule has 0 radical (unpaired) electrons. The first-order chi connectivity index (χ1) is 13.8. The summed E-state index contributed by atoms with van der Waals surface area (Å²) in [5, 5.41) is 8.86. The number of anilines is 1. The number of nitrogens with zero attached hydrogens (tertiary/aromatic N) is 2. The van der Waals surface area contributed by atoms with Crippen LogP contribution in [0.5, 0.6) is 0 Å². The van der Waals surface area contributed by atoms with Crippen LogP contribution in [-0.4, -0.2) is 40.9 Å². The molecule has 1 aliphatic rings. The van der Waals surface area contributed by atoms with Crippen LogP contribution in [0, 0.1) is 5.82 Å². The van der Waals surface area contributed by atoms with Crippen LogP contribution in [0.2, 0.25) is 5.02 Å². The van der Waals surface area contributed by atoms with Gasteiger partial charge in [0.1, 0.15) is 10.4 Å². The third-order valence-corrected chi connectivity index (χ3v) is 5.67. The number of amides is 2. The van der Waals surface area contributed by atoms with Crippen LogP contribution in [0.25, 0.3) is 0 Å². The Hall–Kier alpha value is -1.66. The molecule has 2 aromatic rings. The fourth-order valence-electron chi connectivity index (χ4n) is 2.26. The van der Waals surface area contributed by atoms with E-state index < -0.39 is 5.82 Å². The lowest BCUT2D eigenvalue weighted by Crippen LogP contribution is -2.49. The van der Waals surface area contributed by atoms with Crippen molar-refractivity contribution in [3.8, 4) is 0 Å². The molecule has 2 unspecified atom stereocenters. The molecule has 1 aromatic heterocycles. The van der Waals surface area contributed by atoms with E-state index in [-0.39, 0.29) is 17.0 Å². The Morgan fingerprint density at radius 3 is 2.90 bits per heavy atom. The lowest BCUT2D eigenvalue weighted by Gasteiger charge is -2.33. The second-order valence-corrected chi connectivity index (χ2v) is 8.33. The van der Waals surface area contributed by atoms with E-state index in [2.05, 4.69) is 47.7 Å². The summed E-state index contributed by atoms with van der Waals surface area (Å²) in [6, 6.07) is 5.88. The largest absolute Gasteiger partial charge is 0.358 e. The van der Waals surface area contributed by atoms with Crippen LogP contribution in [0.1, 0.15) is 19.1 Å². The summed E-state index contributed by atoms with van der Waals surface area (Å²) < 4.78 is 23.3. The van der Waals surface area contributed by atoms with Gasteiger partial charge >= 0.3 is 0 Å². The van der Waals surface area contributed by atoms with Crippen LogP contribution < -0.4 is 15.4 Å². The molecule has 3 N–H and O–H groups in total. The Morgan fingerprint density at radius 1 is 1.55 bits per heavy atom. The first-order valence-corrected chi connectivity index (χ1v) is 10.4. The van der Waals surface area contributed by atoms with Gasteiger partial charge in [-0.05, 0) is 54.5 Å². The van der Waals surface area contributed by atoms with Crippen LogP contribution >= 0.6 is 39.7 Å². The van der Waals surface area contributed by atoms with Gasteiger partial charge in [0.05, 0.1) is 17.6 Å². The maximum absolute atomic E-state index is 12.5. The Labute approximate surface area is 185 Å². The highest BCUT2D eigenvalue weighted by molar-refractivity contribution is 9.10. The number of rotatable bonds is 5. The van der Waals surface area contributed by atoms with Crippen LogP contribution in [-0.2, 0) is 16.1 Å². The van der Waals surface area contributed by atoms with Crippen molar-refractivity contribution in [1.29, 1.82) is 0 Å². The third kappa shape index (κ3) is 7.59. The number of halogens is 3. The number of carbonyl (C=O) groups excluding carboxylic acids is 2. The van der Waals surface area contributed by atoms with Gasteiger partial charge in [0.2, 0.25) is 12.3 Å². The van der Waals surface area contributed by atoms with E-state index in [9.17, 15) is 14.0 Å². The molecular weight excluding hydrogens is 489 g/mol. The molecule has 1 aliphatic heterocycles. The molecule has 1 saturated heterocycles. The Morgan fingerprint density at radius 2 is 2.31 bits per heavy atom. The molecule has 12 heteroatoms. The van der Waals surface area contributed by atoms with Gasteiger partial charge in [0.25, 0.3) is 0 Å². The average Bonchev–Trinajstić information content (AvgIpc) is 3.11. The molecular formula is C17H20BrClFN5O3S. The van der Waals surface area contributed by atoms with Crippen molar-refractivity contribution in [2.24, 2.45) is 0 Å². The van der Waals surface area contributed by atoms with Crippen molar-refractivity contribution in [3.63, 3.8) is 0 Å². The van der Waals surface area contributed by atoms with Crippen molar-refractivity contribution in [2.75, 3.05) is 12.4 Å². The smallest absolute Gasteiger partial charge is 0.238 e. The van der Waals surface area contributed by atoms with E-state index in [0.29, 0.717) is 35.0 Å². The van der Waals surface area contributed by atoms with Crippen molar-refractivity contribution in [3.05, 3.63) is 45.5 Å². The number of carbonyl (C=O) groups is 2. The summed E-state index contributed by atoms with van der Waals surface area (Å²) >= 11 is 10.1. The van der Waals surface area contributed by atoms with Crippen LogP contribution in [0.3, 0.4) is 0 Å². The van der Waals surface area contributed by atoms with Crippen molar-refractivity contribution < 1.29 is 18.5 Å². The maximum atomic E-state index is 12.5. The van der Waals surface area contributed by atoms with E-state index in [0.717, 1.165) is 6.42 Å². The molecule has 8 nitrogen and oxygen atoms in total. The highest BCUT2D eigenvalue weighted by Gasteiger charge is 2.28. The number of hydrogen-bond acceptors (Lipinski definition) is 7. The minimum Gasteiger partial charge on any atom is -0.358 e. The van der Waals surface area contributed by atoms with E-state index in [1.807, 2.05) is 7.05 Å². The zero-order valence-corrected chi connectivity index (χ0v) is 18.8. The minimum atomic E-state index is -0.497. The molecule has 2 heterocycles. The molecule has 2 amide bonds. The normalized spacial score (nSPS) is 19.1. The van der Waals surface area contributed by atoms with E-state index in [1.165, 1.54) is 30.3 Å². The molecule has 3 rings (SSSR count). The quantitative estimate of drug-likeness (QED) is 0.421. The highest BCUT2D eigenvalue weighted by atomic mass is 79.9. The molecule has 29 heavy (non-hydrogen) atoms. The number of aromatic nitrogens is 1. The van der Waals surface area contributed by atoms with Gasteiger partial charge in [-0.2, -0.15) is 0 Å². The van der Waals surface area contributed by atoms with Gasteiger partial charge < -0.3 is 15.2 Å². The number of nitrogens with one attached hydrogen (secondary N) is 3. The van der Waals surface area contributed by atoms with Gasteiger partial charge in [-0.25, -0.2) is 13.4 Å². The van der Waals surface area contributed by atoms with Crippen LogP contribution in [0.15, 0.2) is 33.4 Å². The van der Waals surface area contributed by atoms with Crippen molar-refractivity contribution >= 4 is 57.7 Å². The SMILES string of the molecule is CC1CC(C(=O)NCc2cc(Br)no2)NSN1C.O=CNc1ccc(F)c(Cl)c1. The molecule has 1 fully saturated rings. The predicted octanol–water partition coefficient (Wildman–Crippen LogP) is 3.35. The Balaban J connectivity index is 0.000000234.